The Kier molecular flexibility index (Phi) is 11.3. The molecule has 6 N–H and O–H groups in total. The molecule has 0 amide bonds. The molecule has 0 saturated heterocycles. The van der Waals surface area contributed by atoms with E-state index in [2.05, 4.69) is 27.5 Å². The summed E-state index contributed by atoms with van der Waals surface area (Å²) in [6.45, 7) is 11.6. The van der Waals surface area contributed by atoms with Gasteiger partial charge in [-0.05, 0) is 75.2 Å². The number of aliphatic hydroxyl groups is 1. The highest BCUT2D eigenvalue weighted by Gasteiger charge is 2.07. The number of nitrogens with two attached hydrogens (primary N) is 2. The van der Waals surface area contributed by atoms with Gasteiger partial charge in [0.25, 0.3) is 0 Å². The van der Waals surface area contributed by atoms with Crippen molar-refractivity contribution in [2.24, 2.45) is 0 Å². The number of hydrogen-bond donors (Lipinski definition) is 4. The number of rotatable bonds is 10. The average molecular weight is 466 g/mol. The second kappa shape index (κ2) is 13.1. The molecule has 0 aromatic heterocycles. The predicted molar refractivity (Wildman–Crippen MR) is 137 cm³/mol. The van der Waals surface area contributed by atoms with E-state index in [4.69, 9.17) is 16.6 Å². The number of benzene rings is 2. The summed E-state index contributed by atoms with van der Waals surface area (Å²) in [5, 5.41) is 8.89. The Hall–Kier alpha value is -2.49. The van der Waals surface area contributed by atoms with Gasteiger partial charge >= 0.3 is 0 Å². The third-order valence-corrected chi connectivity index (χ3v) is 5.84. The Bertz CT molecular complexity index is 951. The van der Waals surface area contributed by atoms with Crippen molar-refractivity contribution >= 4 is 32.8 Å². The predicted octanol–water partition coefficient (Wildman–Crippen LogP) is 2.35. The zero-order chi connectivity index (χ0) is 24.3. The lowest BCUT2D eigenvalue weighted by Crippen LogP contribution is -2.34. The molecule has 8 nitrogen and oxygen atoms in total. The van der Waals surface area contributed by atoms with Crippen molar-refractivity contribution in [1.29, 1.82) is 0 Å². The minimum atomic E-state index is -3.12. The first-order chi connectivity index (χ1) is 15.0. The van der Waals surface area contributed by atoms with E-state index < -0.39 is 10.0 Å². The summed E-state index contributed by atoms with van der Waals surface area (Å²) in [4.78, 5) is 4.22. The first kappa shape index (κ1) is 27.5. The molecule has 32 heavy (non-hydrogen) atoms. The molecule has 0 aliphatic heterocycles. The number of anilines is 4. The van der Waals surface area contributed by atoms with Gasteiger partial charge in [-0.25, -0.2) is 13.1 Å². The minimum absolute atomic E-state index is 0.178. The summed E-state index contributed by atoms with van der Waals surface area (Å²) >= 11 is 0. The van der Waals surface area contributed by atoms with E-state index in [9.17, 15) is 8.42 Å². The fourth-order valence-electron chi connectivity index (χ4n) is 3.14. The highest BCUT2D eigenvalue weighted by Crippen LogP contribution is 2.21. The van der Waals surface area contributed by atoms with E-state index in [1.165, 1.54) is 0 Å². The molecule has 9 heteroatoms. The Labute approximate surface area is 193 Å². The first-order valence-electron chi connectivity index (χ1n) is 10.8. The maximum absolute atomic E-state index is 11.0. The molecule has 0 heterocycles. The van der Waals surface area contributed by atoms with Gasteiger partial charge in [-0.2, -0.15) is 0 Å². The lowest BCUT2D eigenvalue weighted by molar-refractivity contribution is 0.302. The van der Waals surface area contributed by atoms with Crippen molar-refractivity contribution < 1.29 is 13.5 Å². The van der Waals surface area contributed by atoms with E-state index in [1.807, 2.05) is 51.1 Å². The van der Waals surface area contributed by atoms with Crippen LogP contribution < -0.4 is 26.0 Å². The quantitative estimate of drug-likeness (QED) is 0.397. The van der Waals surface area contributed by atoms with Crippen molar-refractivity contribution in [1.82, 2.24) is 4.72 Å². The molecule has 0 bridgehead atoms. The van der Waals surface area contributed by atoms with Gasteiger partial charge in [-0.3, -0.25) is 0 Å². The lowest BCUT2D eigenvalue weighted by Gasteiger charge is -2.23. The van der Waals surface area contributed by atoms with Crippen molar-refractivity contribution in [3.63, 3.8) is 0 Å². The molecule has 180 valence electrons. The number of aliphatic hydroxyl groups excluding tert-OH is 1. The van der Waals surface area contributed by atoms with Crippen molar-refractivity contribution in [3.05, 3.63) is 47.5 Å². The molecule has 0 saturated carbocycles. The van der Waals surface area contributed by atoms with Gasteiger partial charge in [0.15, 0.2) is 0 Å². The van der Waals surface area contributed by atoms with Gasteiger partial charge in [-0.1, -0.05) is 0 Å². The minimum Gasteiger partial charge on any atom is -0.399 e. The van der Waals surface area contributed by atoms with Crippen molar-refractivity contribution in [3.8, 4) is 0 Å². The molecule has 0 aliphatic carbocycles. The summed E-state index contributed by atoms with van der Waals surface area (Å²) in [5.74, 6) is 0. The SMILES string of the molecule is CCN(CCNS(C)(=O)=O)c1ccc(N)c(C)c1.CCN(CCO)c1ccc(N)c(C)c1. The average Bonchev–Trinajstić information content (AvgIpc) is 2.73. The van der Waals surface area contributed by atoms with Crippen LogP contribution in [-0.2, 0) is 10.0 Å². The topological polar surface area (TPSA) is 125 Å². The standard InChI is InChI=1S/C12H21N3O2S.C11H18N2O/c1-4-15(8-7-14-18(3,16)17)11-5-6-12(13)10(2)9-11;1-3-13(6-7-14)10-4-5-11(12)9(2)8-10/h5-6,9,14H,4,7-8,13H2,1-3H3;4-5,8,14H,3,6-7,12H2,1-2H3. The summed E-state index contributed by atoms with van der Waals surface area (Å²) in [6.07, 6.45) is 1.16. The summed E-state index contributed by atoms with van der Waals surface area (Å²) in [5.41, 5.74) is 17.4. The number of likely N-dealkylation sites (N-methyl/N-ethyl adjacent to an activating group) is 2. The van der Waals surface area contributed by atoms with E-state index >= 15 is 0 Å². The normalized spacial score (nSPS) is 10.9. The Morgan fingerprint density at radius 3 is 1.66 bits per heavy atom. The number of nitrogen functional groups attached to an aromatic ring is 2. The molecular weight excluding hydrogens is 426 g/mol. The Balaban J connectivity index is 0.000000330. The Morgan fingerprint density at radius 1 is 0.875 bits per heavy atom. The largest absolute Gasteiger partial charge is 0.399 e. The van der Waals surface area contributed by atoms with Gasteiger partial charge in [0.2, 0.25) is 10.0 Å². The summed E-state index contributed by atoms with van der Waals surface area (Å²) in [6, 6.07) is 11.8. The van der Waals surface area contributed by atoms with Crippen LogP contribution in [0.2, 0.25) is 0 Å². The number of nitrogens with zero attached hydrogens (tertiary/aromatic N) is 2. The third kappa shape index (κ3) is 9.33. The van der Waals surface area contributed by atoms with Crippen LogP contribution in [0.4, 0.5) is 22.7 Å². The van der Waals surface area contributed by atoms with Crippen LogP contribution in [0.25, 0.3) is 0 Å². The highest BCUT2D eigenvalue weighted by molar-refractivity contribution is 7.88. The van der Waals surface area contributed by atoms with E-state index in [0.29, 0.717) is 19.6 Å². The van der Waals surface area contributed by atoms with Crippen LogP contribution in [0.15, 0.2) is 36.4 Å². The molecule has 0 aliphatic rings. The molecule has 0 fully saturated rings. The van der Waals surface area contributed by atoms with E-state index in [-0.39, 0.29) is 6.61 Å². The van der Waals surface area contributed by atoms with Gasteiger partial charge in [0, 0.05) is 55.5 Å². The van der Waals surface area contributed by atoms with Crippen molar-refractivity contribution in [2.45, 2.75) is 27.7 Å². The van der Waals surface area contributed by atoms with Crippen LogP contribution in [0, 0.1) is 13.8 Å². The van der Waals surface area contributed by atoms with Crippen LogP contribution >= 0.6 is 0 Å². The molecule has 2 rings (SSSR count). The molecular formula is C23H39N5O3S. The zero-order valence-corrected chi connectivity index (χ0v) is 20.7. The number of hydrogen-bond acceptors (Lipinski definition) is 7. The maximum atomic E-state index is 11.0. The van der Waals surface area contributed by atoms with Gasteiger partial charge in [0.1, 0.15) is 0 Å². The fraction of sp³-hybridized carbons (Fsp3) is 0.478. The Morgan fingerprint density at radius 2 is 1.31 bits per heavy atom. The van der Waals surface area contributed by atoms with Crippen molar-refractivity contribution in [2.75, 3.05) is 66.9 Å². The van der Waals surface area contributed by atoms with E-state index in [0.717, 1.165) is 53.2 Å². The second-order valence-corrected chi connectivity index (χ2v) is 9.46. The molecule has 2 aromatic rings. The van der Waals surface area contributed by atoms with Gasteiger partial charge in [0.05, 0.1) is 12.9 Å². The van der Waals surface area contributed by atoms with Crippen LogP contribution in [-0.4, -0.2) is 59.1 Å². The van der Waals surface area contributed by atoms with Crippen LogP contribution in [0.5, 0.6) is 0 Å². The van der Waals surface area contributed by atoms with Gasteiger partial charge < -0.3 is 26.4 Å². The number of nitrogens with one attached hydrogen (secondary N) is 1. The fourth-order valence-corrected chi connectivity index (χ4v) is 3.60. The van der Waals surface area contributed by atoms with E-state index in [1.54, 1.807) is 0 Å². The van der Waals surface area contributed by atoms with Crippen LogP contribution in [0.3, 0.4) is 0 Å². The smallest absolute Gasteiger partial charge is 0.208 e. The maximum Gasteiger partial charge on any atom is 0.208 e. The zero-order valence-electron chi connectivity index (χ0n) is 19.9. The molecule has 0 radical (unpaired) electrons. The molecule has 0 unspecified atom stereocenters. The van der Waals surface area contributed by atoms with Gasteiger partial charge in [-0.15, -0.1) is 0 Å². The molecule has 0 spiro atoms. The third-order valence-electron chi connectivity index (χ3n) is 5.12. The van der Waals surface area contributed by atoms with Crippen LogP contribution in [0.1, 0.15) is 25.0 Å². The molecule has 2 aromatic carbocycles. The lowest BCUT2D eigenvalue weighted by atomic mass is 10.1. The monoisotopic (exact) mass is 465 g/mol. The summed E-state index contributed by atoms with van der Waals surface area (Å²) < 4.78 is 24.5. The highest BCUT2D eigenvalue weighted by atomic mass is 32.2. The second-order valence-electron chi connectivity index (χ2n) is 7.63. The number of aryl methyl sites for hydroxylation is 2. The summed E-state index contributed by atoms with van der Waals surface area (Å²) in [7, 11) is -3.12. The number of sulfonamides is 1. The first-order valence-corrected chi connectivity index (χ1v) is 12.7. The molecule has 0 atom stereocenters.